The highest BCUT2D eigenvalue weighted by Crippen LogP contribution is 2.10. The van der Waals surface area contributed by atoms with Gasteiger partial charge in [-0.3, -0.25) is 0 Å². The van der Waals surface area contributed by atoms with Crippen molar-refractivity contribution in [2.45, 2.75) is 13.3 Å². The van der Waals surface area contributed by atoms with E-state index >= 15 is 0 Å². The second-order valence-electron chi connectivity index (χ2n) is 3.33. The number of carbonyl (C=O) groups is 2. The lowest BCUT2D eigenvalue weighted by Crippen LogP contribution is -2.11. The van der Waals surface area contributed by atoms with E-state index in [0.717, 1.165) is 6.42 Å². The van der Waals surface area contributed by atoms with Crippen molar-refractivity contribution in [1.29, 1.82) is 0 Å². The first kappa shape index (κ1) is 13.0. The SMILES string of the molecule is CC/C=C\COC(=O)c1ccccc1C(=O)O. The van der Waals surface area contributed by atoms with Gasteiger partial charge in [-0.25, -0.2) is 9.59 Å². The second-order valence-corrected chi connectivity index (χ2v) is 3.33. The zero-order valence-electron chi connectivity index (χ0n) is 9.55. The monoisotopic (exact) mass is 234 g/mol. The molecular formula is C13H14O4. The number of hydrogen-bond acceptors (Lipinski definition) is 3. The smallest absolute Gasteiger partial charge is 0.339 e. The molecule has 0 aliphatic carbocycles. The predicted molar refractivity (Wildman–Crippen MR) is 63.1 cm³/mol. The summed E-state index contributed by atoms with van der Waals surface area (Å²) in [4.78, 5) is 22.5. The van der Waals surface area contributed by atoms with Crippen molar-refractivity contribution in [3.8, 4) is 0 Å². The highest BCUT2D eigenvalue weighted by molar-refractivity contribution is 6.02. The van der Waals surface area contributed by atoms with E-state index in [9.17, 15) is 9.59 Å². The predicted octanol–water partition coefficient (Wildman–Crippen LogP) is 2.51. The second kappa shape index (κ2) is 6.48. The summed E-state index contributed by atoms with van der Waals surface area (Å²) in [6, 6.07) is 5.98. The van der Waals surface area contributed by atoms with Gasteiger partial charge in [0.25, 0.3) is 0 Å². The molecule has 0 radical (unpaired) electrons. The van der Waals surface area contributed by atoms with E-state index in [1.807, 2.05) is 13.0 Å². The number of hydrogen-bond donors (Lipinski definition) is 1. The van der Waals surface area contributed by atoms with Crippen molar-refractivity contribution in [2.24, 2.45) is 0 Å². The van der Waals surface area contributed by atoms with Crippen LogP contribution in [0.4, 0.5) is 0 Å². The molecule has 1 aromatic rings. The Bertz CT molecular complexity index is 435. The minimum atomic E-state index is -1.14. The number of ether oxygens (including phenoxy) is 1. The van der Waals surface area contributed by atoms with Crippen LogP contribution in [0.5, 0.6) is 0 Å². The van der Waals surface area contributed by atoms with Crippen LogP contribution < -0.4 is 0 Å². The molecule has 1 aromatic carbocycles. The molecule has 0 saturated carbocycles. The Morgan fingerprint density at radius 1 is 1.24 bits per heavy atom. The Labute approximate surface area is 99.5 Å². The normalized spacial score (nSPS) is 10.4. The largest absolute Gasteiger partial charge is 0.478 e. The van der Waals surface area contributed by atoms with Crippen LogP contribution in [0.2, 0.25) is 0 Å². The molecule has 90 valence electrons. The van der Waals surface area contributed by atoms with Crippen molar-refractivity contribution in [2.75, 3.05) is 6.61 Å². The Morgan fingerprint density at radius 2 is 1.88 bits per heavy atom. The van der Waals surface area contributed by atoms with Crippen LogP contribution in [-0.4, -0.2) is 23.7 Å². The molecule has 0 bridgehead atoms. The van der Waals surface area contributed by atoms with E-state index in [0.29, 0.717) is 0 Å². The van der Waals surface area contributed by atoms with Crippen molar-refractivity contribution < 1.29 is 19.4 Å². The van der Waals surface area contributed by atoms with Gasteiger partial charge in [0, 0.05) is 0 Å². The van der Waals surface area contributed by atoms with Crippen molar-refractivity contribution >= 4 is 11.9 Å². The molecule has 0 heterocycles. The number of esters is 1. The lowest BCUT2D eigenvalue weighted by Gasteiger charge is -2.04. The molecule has 0 aliphatic rings. The number of benzene rings is 1. The van der Waals surface area contributed by atoms with Gasteiger partial charge in [0.2, 0.25) is 0 Å². The van der Waals surface area contributed by atoms with Crippen LogP contribution in [0.25, 0.3) is 0 Å². The summed E-state index contributed by atoms with van der Waals surface area (Å²) in [5, 5.41) is 8.90. The van der Waals surface area contributed by atoms with Gasteiger partial charge in [0.1, 0.15) is 6.61 Å². The van der Waals surface area contributed by atoms with Crippen LogP contribution in [0.3, 0.4) is 0 Å². The molecule has 4 heteroatoms. The molecule has 0 saturated heterocycles. The van der Waals surface area contributed by atoms with Gasteiger partial charge < -0.3 is 9.84 Å². The first-order chi connectivity index (χ1) is 8.16. The van der Waals surface area contributed by atoms with Crippen molar-refractivity contribution in [3.05, 3.63) is 47.5 Å². The summed E-state index contributed by atoms with van der Waals surface area (Å²) in [7, 11) is 0. The topological polar surface area (TPSA) is 63.6 Å². The first-order valence-corrected chi connectivity index (χ1v) is 5.31. The molecule has 17 heavy (non-hydrogen) atoms. The number of allylic oxidation sites excluding steroid dienone is 1. The van der Waals surface area contributed by atoms with Crippen LogP contribution in [-0.2, 0) is 4.74 Å². The molecule has 0 unspecified atom stereocenters. The maximum atomic E-state index is 11.6. The molecule has 1 N–H and O–H groups in total. The summed E-state index contributed by atoms with van der Waals surface area (Å²) in [5.74, 6) is -1.76. The molecule has 0 fully saturated rings. The number of carboxylic acids is 1. The third-order valence-electron chi connectivity index (χ3n) is 2.09. The fourth-order valence-electron chi connectivity index (χ4n) is 1.28. The number of rotatable bonds is 5. The summed E-state index contributed by atoms with van der Waals surface area (Å²) < 4.78 is 4.93. The Hall–Kier alpha value is -2.10. The van der Waals surface area contributed by atoms with Gasteiger partial charge in [0.15, 0.2) is 0 Å². The number of carboxylic acid groups (broad SMARTS) is 1. The fourth-order valence-corrected chi connectivity index (χ4v) is 1.28. The Kier molecular flexibility index (Phi) is 4.94. The van der Waals surface area contributed by atoms with Gasteiger partial charge in [-0.2, -0.15) is 0 Å². The average Bonchev–Trinajstić information content (AvgIpc) is 2.34. The van der Waals surface area contributed by atoms with Crippen LogP contribution >= 0.6 is 0 Å². The summed E-state index contributed by atoms with van der Waals surface area (Å²) in [6.45, 7) is 2.12. The molecule has 0 aromatic heterocycles. The average molecular weight is 234 g/mol. The van der Waals surface area contributed by atoms with E-state index in [1.54, 1.807) is 18.2 Å². The van der Waals surface area contributed by atoms with E-state index in [-0.39, 0.29) is 17.7 Å². The minimum Gasteiger partial charge on any atom is -0.478 e. The van der Waals surface area contributed by atoms with Crippen LogP contribution in [0, 0.1) is 0 Å². The zero-order chi connectivity index (χ0) is 12.7. The molecule has 0 amide bonds. The van der Waals surface area contributed by atoms with Gasteiger partial charge in [0.05, 0.1) is 11.1 Å². The molecular weight excluding hydrogens is 220 g/mol. The van der Waals surface area contributed by atoms with Crippen LogP contribution in [0.1, 0.15) is 34.1 Å². The fraction of sp³-hybridized carbons (Fsp3) is 0.231. The maximum Gasteiger partial charge on any atom is 0.339 e. The van der Waals surface area contributed by atoms with Crippen LogP contribution in [0.15, 0.2) is 36.4 Å². The van der Waals surface area contributed by atoms with E-state index < -0.39 is 11.9 Å². The van der Waals surface area contributed by atoms with Gasteiger partial charge in [-0.1, -0.05) is 31.2 Å². The maximum absolute atomic E-state index is 11.6. The van der Waals surface area contributed by atoms with E-state index in [4.69, 9.17) is 9.84 Å². The van der Waals surface area contributed by atoms with Gasteiger partial charge >= 0.3 is 11.9 Å². The Balaban J connectivity index is 2.75. The summed E-state index contributed by atoms with van der Waals surface area (Å²) in [6.07, 6.45) is 4.46. The van der Waals surface area contributed by atoms with Crippen molar-refractivity contribution in [1.82, 2.24) is 0 Å². The van der Waals surface area contributed by atoms with E-state index in [1.165, 1.54) is 12.1 Å². The third-order valence-corrected chi connectivity index (χ3v) is 2.09. The molecule has 1 rings (SSSR count). The van der Waals surface area contributed by atoms with Gasteiger partial charge in [-0.15, -0.1) is 0 Å². The number of carbonyl (C=O) groups excluding carboxylic acids is 1. The molecule has 0 spiro atoms. The Morgan fingerprint density at radius 3 is 2.47 bits per heavy atom. The lowest BCUT2D eigenvalue weighted by molar-refractivity contribution is 0.0536. The number of aromatic carboxylic acids is 1. The third kappa shape index (κ3) is 3.75. The summed E-state index contributed by atoms with van der Waals surface area (Å²) in [5.41, 5.74) is 0.0295. The standard InChI is InChI=1S/C13H14O4/c1-2-3-6-9-17-13(16)11-8-5-4-7-10(11)12(14)15/h3-8H,2,9H2,1H3,(H,14,15)/b6-3-. The minimum absolute atomic E-state index is 0.0445. The molecule has 4 nitrogen and oxygen atoms in total. The van der Waals surface area contributed by atoms with E-state index in [2.05, 4.69) is 0 Å². The summed E-state index contributed by atoms with van der Waals surface area (Å²) >= 11 is 0. The highest BCUT2D eigenvalue weighted by Gasteiger charge is 2.16. The van der Waals surface area contributed by atoms with Crippen molar-refractivity contribution in [3.63, 3.8) is 0 Å². The molecule has 0 aliphatic heterocycles. The molecule has 0 atom stereocenters. The first-order valence-electron chi connectivity index (χ1n) is 5.31. The highest BCUT2D eigenvalue weighted by atomic mass is 16.5. The van der Waals surface area contributed by atoms with Gasteiger partial charge in [-0.05, 0) is 18.6 Å². The lowest BCUT2D eigenvalue weighted by atomic mass is 10.1. The quantitative estimate of drug-likeness (QED) is 0.628. The zero-order valence-corrected chi connectivity index (χ0v) is 9.55.